The van der Waals surface area contributed by atoms with E-state index in [0.717, 1.165) is 42.9 Å². The zero-order chi connectivity index (χ0) is 16.5. The Bertz CT molecular complexity index is 897. The highest BCUT2D eigenvalue weighted by atomic mass is 32.1. The molecule has 122 valence electrons. The van der Waals surface area contributed by atoms with Crippen LogP contribution in [-0.2, 0) is 19.5 Å². The maximum absolute atomic E-state index is 12.4. The second-order valence-corrected chi connectivity index (χ2v) is 7.28. The van der Waals surface area contributed by atoms with E-state index in [1.54, 1.807) is 11.3 Å². The van der Waals surface area contributed by atoms with E-state index in [1.807, 2.05) is 24.3 Å². The van der Waals surface area contributed by atoms with Crippen molar-refractivity contribution in [1.82, 2.24) is 14.9 Å². The van der Waals surface area contributed by atoms with Crippen molar-refractivity contribution in [3.05, 3.63) is 73.8 Å². The lowest BCUT2D eigenvalue weighted by Crippen LogP contribution is -2.34. The van der Waals surface area contributed by atoms with Gasteiger partial charge in [0.15, 0.2) is 0 Å². The Hall–Kier alpha value is -2.24. The van der Waals surface area contributed by atoms with Crippen LogP contribution < -0.4 is 5.56 Å². The minimum atomic E-state index is 0.00588. The summed E-state index contributed by atoms with van der Waals surface area (Å²) in [6.45, 7) is 4.61. The molecule has 0 bridgehead atoms. The van der Waals surface area contributed by atoms with Crippen LogP contribution in [0.25, 0.3) is 11.4 Å². The van der Waals surface area contributed by atoms with Crippen molar-refractivity contribution in [2.45, 2.75) is 26.4 Å². The van der Waals surface area contributed by atoms with E-state index >= 15 is 0 Å². The molecule has 1 aliphatic heterocycles. The van der Waals surface area contributed by atoms with Gasteiger partial charge in [0, 0.05) is 35.6 Å². The Labute approximate surface area is 144 Å². The Morgan fingerprint density at radius 3 is 2.83 bits per heavy atom. The zero-order valence-electron chi connectivity index (χ0n) is 13.6. The van der Waals surface area contributed by atoms with Gasteiger partial charge in [0.1, 0.15) is 5.82 Å². The molecule has 0 atom stereocenters. The SMILES string of the molecule is Cc1ccc(-c2nc3c(c(=O)[nH]2)CCN(Cc2cccs2)C3)cc1. The number of thiophene rings is 1. The molecule has 0 unspecified atom stereocenters. The molecule has 2 aromatic heterocycles. The van der Waals surface area contributed by atoms with Gasteiger partial charge in [0.2, 0.25) is 0 Å². The maximum Gasteiger partial charge on any atom is 0.254 e. The molecule has 0 saturated carbocycles. The Morgan fingerprint density at radius 2 is 2.08 bits per heavy atom. The van der Waals surface area contributed by atoms with Gasteiger partial charge in [-0.05, 0) is 24.8 Å². The molecule has 5 heteroatoms. The van der Waals surface area contributed by atoms with E-state index in [0.29, 0.717) is 5.82 Å². The normalized spacial score (nSPS) is 14.5. The predicted octanol–water partition coefficient (Wildman–Crippen LogP) is 3.37. The van der Waals surface area contributed by atoms with Gasteiger partial charge in [0.05, 0.1) is 5.69 Å². The Kier molecular flexibility index (Phi) is 4.04. The number of nitrogens with one attached hydrogen (secondary N) is 1. The molecule has 4 nitrogen and oxygen atoms in total. The van der Waals surface area contributed by atoms with Crippen molar-refractivity contribution in [2.75, 3.05) is 6.54 Å². The van der Waals surface area contributed by atoms with Gasteiger partial charge in [-0.25, -0.2) is 4.98 Å². The summed E-state index contributed by atoms with van der Waals surface area (Å²) in [5, 5.41) is 2.10. The van der Waals surface area contributed by atoms with Crippen LogP contribution >= 0.6 is 11.3 Å². The average molecular weight is 337 g/mol. The lowest BCUT2D eigenvalue weighted by molar-refractivity contribution is 0.242. The van der Waals surface area contributed by atoms with Crippen molar-refractivity contribution in [3.8, 4) is 11.4 Å². The molecule has 0 radical (unpaired) electrons. The van der Waals surface area contributed by atoms with Crippen molar-refractivity contribution < 1.29 is 0 Å². The highest BCUT2D eigenvalue weighted by molar-refractivity contribution is 7.09. The minimum absolute atomic E-state index is 0.00588. The van der Waals surface area contributed by atoms with Crippen LogP contribution in [0, 0.1) is 6.92 Å². The fourth-order valence-corrected chi connectivity index (χ4v) is 3.85. The fraction of sp³-hybridized carbons (Fsp3) is 0.263. The minimum Gasteiger partial charge on any atom is -0.306 e. The van der Waals surface area contributed by atoms with E-state index in [4.69, 9.17) is 4.98 Å². The molecule has 0 amide bonds. The average Bonchev–Trinajstić information content (AvgIpc) is 3.08. The van der Waals surface area contributed by atoms with Gasteiger partial charge in [-0.1, -0.05) is 35.9 Å². The number of fused-ring (bicyclic) bond motifs is 1. The molecular formula is C19H19N3OS. The summed E-state index contributed by atoms with van der Waals surface area (Å²) in [5.41, 5.74) is 3.91. The van der Waals surface area contributed by atoms with Crippen molar-refractivity contribution >= 4 is 11.3 Å². The van der Waals surface area contributed by atoms with Gasteiger partial charge in [0.25, 0.3) is 5.56 Å². The molecular weight excluding hydrogens is 318 g/mol. The first kappa shape index (κ1) is 15.3. The first-order chi connectivity index (χ1) is 11.7. The number of H-pyrrole nitrogens is 1. The summed E-state index contributed by atoms with van der Waals surface area (Å²) in [6.07, 6.45) is 0.761. The zero-order valence-corrected chi connectivity index (χ0v) is 14.4. The molecule has 4 rings (SSSR count). The highest BCUT2D eigenvalue weighted by Crippen LogP contribution is 2.21. The molecule has 0 fully saturated rings. The number of nitrogens with zero attached hydrogens (tertiary/aromatic N) is 2. The molecule has 0 spiro atoms. The van der Waals surface area contributed by atoms with E-state index in [1.165, 1.54) is 10.4 Å². The van der Waals surface area contributed by atoms with Crippen molar-refractivity contribution in [3.63, 3.8) is 0 Å². The molecule has 0 aliphatic carbocycles. The van der Waals surface area contributed by atoms with Crippen molar-refractivity contribution in [1.29, 1.82) is 0 Å². The van der Waals surface area contributed by atoms with Crippen molar-refractivity contribution in [2.24, 2.45) is 0 Å². The number of hydrogen-bond donors (Lipinski definition) is 1. The lowest BCUT2D eigenvalue weighted by Gasteiger charge is -2.27. The summed E-state index contributed by atoms with van der Waals surface area (Å²) in [6, 6.07) is 12.3. The number of rotatable bonds is 3. The fourth-order valence-electron chi connectivity index (χ4n) is 3.10. The number of aromatic amines is 1. The summed E-state index contributed by atoms with van der Waals surface area (Å²) in [7, 11) is 0. The molecule has 0 saturated heterocycles. The summed E-state index contributed by atoms with van der Waals surface area (Å²) >= 11 is 1.77. The highest BCUT2D eigenvalue weighted by Gasteiger charge is 2.21. The third-order valence-corrected chi connectivity index (χ3v) is 5.30. The number of aromatic nitrogens is 2. The second-order valence-electron chi connectivity index (χ2n) is 6.25. The van der Waals surface area contributed by atoms with Crippen LogP contribution in [0.3, 0.4) is 0 Å². The van der Waals surface area contributed by atoms with Gasteiger partial charge in [-0.2, -0.15) is 0 Å². The van der Waals surface area contributed by atoms with Gasteiger partial charge in [-0.3, -0.25) is 9.69 Å². The molecule has 1 aromatic carbocycles. The van der Waals surface area contributed by atoms with E-state index < -0.39 is 0 Å². The third-order valence-electron chi connectivity index (χ3n) is 4.44. The molecule has 1 N–H and O–H groups in total. The molecule has 3 heterocycles. The molecule has 24 heavy (non-hydrogen) atoms. The summed E-state index contributed by atoms with van der Waals surface area (Å²) in [4.78, 5) is 23.9. The quantitative estimate of drug-likeness (QED) is 0.797. The van der Waals surface area contributed by atoms with Crippen LogP contribution in [0.15, 0.2) is 46.6 Å². The maximum atomic E-state index is 12.4. The van der Waals surface area contributed by atoms with Gasteiger partial charge < -0.3 is 4.98 Å². The summed E-state index contributed by atoms with van der Waals surface area (Å²) < 4.78 is 0. The van der Waals surface area contributed by atoms with Crippen LogP contribution in [0.1, 0.15) is 21.7 Å². The monoisotopic (exact) mass is 337 g/mol. The molecule has 1 aliphatic rings. The standard InChI is InChI=1S/C19H19N3OS/c1-13-4-6-14(7-5-13)18-20-17-12-22(11-15-3-2-10-24-15)9-8-16(17)19(23)21-18/h2-7,10H,8-9,11-12H2,1H3,(H,20,21,23). The smallest absolute Gasteiger partial charge is 0.254 e. The first-order valence-corrected chi connectivity index (χ1v) is 9.01. The number of hydrogen-bond acceptors (Lipinski definition) is 4. The van der Waals surface area contributed by atoms with E-state index in [2.05, 4.69) is 34.3 Å². The topological polar surface area (TPSA) is 49.0 Å². The number of benzene rings is 1. The van der Waals surface area contributed by atoms with Gasteiger partial charge >= 0.3 is 0 Å². The third kappa shape index (κ3) is 3.05. The van der Waals surface area contributed by atoms with Crippen LogP contribution in [0.4, 0.5) is 0 Å². The Morgan fingerprint density at radius 1 is 1.25 bits per heavy atom. The summed E-state index contributed by atoms with van der Waals surface area (Å²) in [5.74, 6) is 0.664. The predicted molar refractivity (Wildman–Crippen MR) is 97.2 cm³/mol. The number of aryl methyl sites for hydroxylation is 1. The van der Waals surface area contributed by atoms with Crippen LogP contribution in [-0.4, -0.2) is 21.4 Å². The first-order valence-electron chi connectivity index (χ1n) is 8.13. The lowest BCUT2D eigenvalue weighted by atomic mass is 10.1. The van der Waals surface area contributed by atoms with E-state index in [9.17, 15) is 4.79 Å². The van der Waals surface area contributed by atoms with Crippen LogP contribution in [0.5, 0.6) is 0 Å². The van der Waals surface area contributed by atoms with Crippen LogP contribution in [0.2, 0.25) is 0 Å². The van der Waals surface area contributed by atoms with Gasteiger partial charge in [-0.15, -0.1) is 11.3 Å². The van der Waals surface area contributed by atoms with E-state index in [-0.39, 0.29) is 5.56 Å². The Balaban J connectivity index is 1.64. The molecule has 3 aromatic rings. The second kappa shape index (κ2) is 6.34. The largest absolute Gasteiger partial charge is 0.306 e.